The van der Waals surface area contributed by atoms with E-state index in [1.165, 1.54) is 0 Å². The molecule has 0 heterocycles. The van der Waals surface area contributed by atoms with Gasteiger partial charge >= 0.3 is 0 Å². The quantitative estimate of drug-likeness (QED) is 0.850. The first-order chi connectivity index (χ1) is 7.97. The zero-order valence-corrected chi connectivity index (χ0v) is 12.0. The van der Waals surface area contributed by atoms with Gasteiger partial charge in [0.15, 0.2) is 5.78 Å². The summed E-state index contributed by atoms with van der Waals surface area (Å²) in [5.41, 5.74) is 1.56. The van der Waals surface area contributed by atoms with Gasteiger partial charge in [0, 0.05) is 28.3 Å². The van der Waals surface area contributed by atoms with Crippen molar-refractivity contribution in [1.29, 1.82) is 0 Å². The van der Waals surface area contributed by atoms with Crippen molar-refractivity contribution in [2.45, 2.75) is 26.8 Å². The number of nitrogens with zero attached hydrogens (tertiary/aromatic N) is 1. The maximum Gasteiger partial charge on any atom is 0.161 e. The third kappa shape index (κ3) is 3.54. The predicted molar refractivity (Wildman–Crippen MR) is 73.7 cm³/mol. The summed E-state index contributed by atoms with van der Waals surface area (Å²) < 4.78 is 0.932. The van der Waals surface area contributed by atoms with Crippen molar-refractivity contribution >= 4 is 27.4 Å². The second kappa shape index (κ2) is 6.17. The van der Waals surface area contributed by atoms with E-state index >= 15 is 0 Å². The first-order valence-corrected chi connectivity index (χ1v) is 6.44. The molecule has 0 atom stereocenters. The van der Waals surface area contributed by atoms with Gasteiger partial charge in [-0.25, -0.2) is 0 Å². The minimum Gasteiger partial charge on any atom is -0.395 e. The second-order valence-corrected chi connectivity index (χ2v) is 5.14. The predicted octanol–water partition coefficient (Wildman–Crippen LogP) is 2.86. The van der Waals surface area contributed by atoms with Crippen LogP contribution in [0, 0.1) is 0 Å². The number of halogens is 1. The van der Waals surface area contributed by atoms with E-state index in [-0.39, 0.29) is 18.4 Å². The van der Waals surface area contributed by atoms with E-state index in [4.69, 9.17) is 5.11 Å². The molecule has 0 amide bonds. The van der Waals surface area contributed by atoms with Crippen molar-refractivity contribution in [1.82, 2.24) is 0 Å². The third-order valence-corrected chi connectivity index (χ3v) is 3.11. The summed E-state index contributed by atoms with van der Waals surface area (Å²) in [6.07, 6.45) is 0. The molecule has 94 valence electrons. The Bertz CT molecular complexity index is 404. The Morgan fingerprint density at radius 2 is 2.12 bits per heavy atom. The Kier molecular flexibility index (Phi) is 5.15. The van der Waals surface area contributed by atoms with Crippen molar-refractivity contribution in [2.24, 2.45) is 0 Å². The van der Waals surface area contributed by atoms with E-state index < -0.39 is 0 Å². The fourth-order valence-corrected chi connectivity index (χ4v) is 2.15. The standard InChI is InChI=1S/C13H18BrNO2/c1-9(2)15(6-7-16)13-8-11(14)4-5-12(13)10(3)17/h4-5,8-9,16H,6-7H2,1-3H3. The van der Waals surface area contributed by atoms with Crippen molar-refractivity contribution in [3.05, 3.63) is 28.2 Å². The Morgan fingerprint density at radius 1 is 1.47 bits per heavy atom. The lowest BCUT2D eigenvalue weighted by Gasteiger charge is -2.30. The van der Waals surface area contributed by atoms with Crippen LogP contribution in [0.1, 0.15) is 31.1 Å². The van der Waals surface area contributed by atoms with Gasteiger partial charge in [-0.15, -0.1) is 0 Å². The van der Waals surface area contributed by atoms with Gasteiger partial charge in [-0.3, -0.25) is 4.79 Å². The summed E-state index contributed by atoms with van der Waals surface area (Å²) in [5, 5.41) is 9.11. The molecule has 0 bridgehead atoms. The van der Waals surface area contributed by atoms with Gasteiger partial charge < -0.3 is 10.0 Å². The van der Waals surface area contributed by atoms with E-state index in [1.54, 1.807) is 6.92 Å². The van der Waals surface area contributed by atoms with Gasteiger partial charge in [-0.2, -0.15) is 0 Å². The molecule has 0 aliphatic carbocycles. The summed E-state index contributed by atoms with van der Waals surface area (Å²) in [6, 6.07) is 5.83. The summed E-state index contributed by atoms with van der Waals surface area (Å²) in [7, 11) is 0. The number of carbonyl (C=O) groups is 1. The van der Waals surface area contributed by atoms with Gasteiger partial charge in [0.25, 0.3) is 0 Å². The minimum atomic E-state index is 0.0380. The number of aliphatic hydroxyl groups excluding tert-OH is 1. The van der Waals surface area contributed by atoms with Crippen LogP contribution in [0.5, 0.6) is 0 Å². The number of benzene rings is 1. The molecule has 1 rings (SSSR count). The van der Waals surface area contributed by atoms with Gasteiger partial charge in [0.05, 0.1) is 6.61 Å². The summed E-state index contributed by atoms with van der Waals surface area (Å²) in [6.45, 7) is 6.24. The molecular formula is C13H18BrNO2. The summed E-state index contributed by atoms with van der Waals surface area (Å²) >= 11 is 3.41. The molecule has 0 saturated heterocycles. The largest absolute Gasteiger partial charge is 0.395 e. The Balaban J connectivity index is 3.24. The Labute approximate surface area is 111 Å². The number of aliphatic hydroxyl groups is 1. The minimum absolute atomic E-state index is 0.0380. The molecule has 4 heteroatoms. The van der Waals surface area contributed by atoms with E-state index in [0.717, 1.165) is 10.2 Å². The van der Waals surface area contributed by atoms with Crippen molar-refractivity contribution in [3.8, 4) is 0 Å². The highest BCUT2D eigenvalue weighted by Crippen LogP contribution is 2.27. The van der Waals surface area contributed by atoms with Crippen LogP contribution in [0.15, 0.2) is 22.7 Å². The van der Waals surface area contributed by atoms with Crippen LogP contribution in [0.3, 0.4) is 0 Å². The average molecular weight is 300 g/mol. The topological polar surface area (TPSA) is 40.5 Å². The normalized spacial score (nSPS) is 10.7. The van der Waals surface area contributed by atoms with Crippen molar-refractivity contribution in [2.75, 3.05) is 18.1 Å². The number of anilines is 1. The van der Waals surface area contributed by atoms with Gasteiger partial charge in [-0.05, 0) is 39.0 Å². The van der Waals surface area contributed by atoms with E-state index in [0.29, 0.717) is 12.1 Å². The number of Topliss-reactive ketones (excluding diaryl/α,β-unsaturated/α-hetero) is 1. The molecule has 1 N–H and O–H groups in total. The van der Waals surface area contributed by atoms with Crippen molar-refractivity contribution < 1.29 is 9.90 Å². The van der Waals surface area contributed by atoms with Crippen LogP contribution in [0.25, 0.3) is 0 Å². The molecule has 1 aromatic carbocycles. The molecule has 0 aliphatic rings. The Hall–Kier alpha value is -0.870. The lowest BCUT2D eigenvalue weighted by Crippen LogP contribution is -2.34. The number of hydrogen-bond acceptors (Lipinski definition) is 3. The number of carbonyl (C=O) groups excluding carboxylic acids is 1. The van der Waals surface area contributed by atoms with Gasteiger partial charge in [0.1, 0.15) is 0 Å². The zero-order valence-electron chi connectivity index (χ0n) is 10.4. The molecule has 3 nitrogen and oxygen atoms in total. The fraction of sp³-hybridized carbons (Fsp3) is 0.462. The second-order valence-electron chi connectivity index (χ2n) is 4.23. The Morgan fingerprint density at radius 3 is 2.59 bits per heavy atom. The number of rotatable bonds is 5. The highest BCUT2D eigenvalue weighted by Gasteiger charge is 2.16. The van der Waals surface area contributed by atoms with Crippen LogP contribution in [-0.4, -0.2) is 30.1 Å². The first kappa shape index (κ1) is 14.2. The van der Waals surface area contributed by atoms with Crippen LogP contribution < -0.4 is 4.90 Å². The molecule has 0 aliphatic heterocycles. The monoisotopic (exact) mass is 299 g/mol. The number of ketones is 1. The molecule has 0 unspecified atom stereocenters. The highest BCUT2D eigenvalue weighted by molar-refractivity contribution is 9.10. The van der Waals surface area contributed by atoms with E-state index in [9.17, 15) is 4.79 Å². The first-order valence-electron chi connectivity index (χ1n) is 5.65. The van der Waals surface area contributed by atoms with Gasteiger partial charge in [0.2, 0.25) is 0 Å². The average Bonchev–Trinajstić information content (AvgIpc) is 2.24. The molecule has 0 aromatic heterocycles. The van der Waals surface area contributed by atoms with E-state index in [2.05, 4.69) is 15.9 Å². The van der Waals surface area contributed by atoms with Crippen LogP contribution in [0.4, 0.5) is 5.69 Å². The smallest absolute Gasteiger partial charge is 0.161 e. The molecule has 0 radical (unpaired) electrons. The van der Waals surface area contributed by atoms with Crippen LogP contribution in [-0.2, 0) is 0 Å². The lowest BCUT2D eigenvalue weighted by molar-refractivity contribution is 0.101. The zero-order chi connectivity index (χ0) is 13.0. The molecule has 1 aromatic rings. The molecular weight excluding hydrogens is 282 g/mol. The fourth-order valence-electron chi connectivity index (χ4n) is 1.80. The molecule has 17 heavy (non-hydrogen) atoms. The maximum absolute atomic E-state index is 11.6. The maximum atomic E-state index is 11.6. The lowest BCUT2D eigenvalue weighted by atomic mass is 10.1. The third-order valence-electron chi connectivity index (χ3n) is 2.61. The SMILES string of the molecule is CC(=O)c1ccc(Br)cc1N(CCO)C(C)C. The van der Waals surface area contributed by atoms with Crippen LogP contribution in [0.2, 0.25) is 0 Å². The molecule has 0 saturated carbocycles. The highest BCUT2D eigenvalue weighted by atomic mass is 79.9. The van der Waals surface area contributed by atoms with Crippen molar-refractivity contribution in [3.63, 3.8) is 0 Å². The molecule has 0 fully saturated rings. The summed E-state index contributed by atoms with van der Waals surface area (Å²) in [5.74, 6) is 0.0380. The number of hydrogen-bond donors (Lipinski definition) is 1. The van der Waals surface area contributed by atoms with E-state index in [1.807, 2.05) is 36.9 Å². The molecule has 0 spiro atoms. The summed E-state index contributed by atoms with van der Waals surface area (Å²) in [4.78, 5) is 13.6. The van der Waals surface area contributed by atoms with Gasteiger partial charge in [-0.1, -0.05) is 15.9 Å². The van der Waals surface area contributed by atoms with Crippen LogP contribution >= 0.6 is 15.9 Å².